The minimum atomic E-state index is -1.20. The minimum Gasteiger partial charge on any atom is -0.486 e. The summed E-state index contributed by atoms with van der Waals surface area (Å²) < 4.78 is 11.6. The highest BCUT2D eigenvalue weighted by molar-refractivity contribution is 6.09. The average molecular weight is 423 g/mol. The zero-order valence-electron chi connectivity index (χ0n) is 17.8. The van der Waals surface area contributed by atoms with Crippen molar-refractivity contribution in [2.75, 3.05) is 26.7 Å². The molecule has 162 valence electrons. The largest absolute Gasteiger partial charge is 0.486 e. The van der Waals surface area contributed by atoms with E-state index in [4.69, 9.17) is 9.47 Å². The van der Waals surface area contributed by atoms with Gasteiger partial charge in [0.1, 0.15) is 18.7 Å². The number of carbonyl (C=O) groups excluding carboxylic acids is 3. The first-order valence-corrected chi connectivity index (χ1v) is 10.1. The zero-order chi connectivity index (χ0) is 22.2. The number of para-hydroxylation sites is 2. The van der Waals surface area contributed by atoms with Crippen LogP contribution >= 0.6 is 0 Å². The van der Waals surface area contributed by atoms with Crippen LogP contribution in [-0.2, 0) is 15.1 Å². The van der Waals surface area contributed by atoms with E-state index in [2.05, 4.69) is 5.32 Å². The van der Waals surface area contributed by atoms with Crippen molar-refractivity contribution < 1.29 is 23.9 Å². The van der Waals surface area contributed by atoms with Gasteiger partial charge in [0.15, 0.2) is 17.6 Å². The van der Waals surface area contributed by atoms with Crippen molar-refractivity contribution in [1.29, 1.82) is 0 Å². The number of aryl methyl sites for hydroxylation is 1. The minimum absolute atomic E-state index is 0.270. The number of ether oxygens (including phenoxy) is 2. The number of hydrogen-bond acceptors (Lipinski definition) is 5. The number of amides is 4. The van der Waals surface area contributed by atoms with E-state index >= 15 is 0 Å². The van der Waals surface area contributed by atoms with Crippen molar-refractivity contribution in [1.82, 2.24) is 15.1 Å². The number of carbonyl (C=O) groups is 3. The third-order valence-corrected chi connectivity index (χ3v) is 5.67. The number of likely N-dealkylation sites (N-methyl/N-ethyl adjacent to an activating group) is 1. The molecule has 2 heterocycles. The van der Waals surface area contributed by atoms with Crippen LogP contribution in [0.3, 0.4) is 0 Å². The lowest BCUT2D eigenvalue weighted by atomic mass is 9.91. The molecule has 4 rings (SSSR count). The molecular formula is C23H25N3O5. The van der Waals surface area contributed by atoms with Gasteiger partial charge in [-0.25, -0.2) is 4.79 Å². The maximum atomic E-state index is 13.0. The highest BCUT2D eigenvalue weighted by Gasteiger charge is 2.49. The standard InChI is InChI=1S/C23H25N3O5/c1-15-8-10-16(11-9-15)23(2)21(28)26(22(29)24-23)13-20(27)25(3)12-17-14-30-18-6-4-5-7-19(18)31-17/h4-11,17H,12-14H2,1-3H3,(H,24,29)/t17-,23-/m0/s1. The van der Waals surface area contributed by atoms with Gasteiger partial charge in [-0.05, 0) is 31.5 Å². The lowest BCUT2D eigenvalue weighted by Gasteiger charge is -2.30. The lowest BCUT2D eigenvalue weighted by Crippen LogP contribution is -2.47. The summed E-state index contributed by atoms with van der Waals surface area (Å²) in [4.78, 5) is 40.7. The van der Waals surface area contributed by atoms with Crippen LogP contribution in [0.1, 0.15) is 18.1 Å². The van der Waals surface area contributed by atoms with Gasteiger partial charge in [-0.2, -0.15) is 0 Å². The van der Waals surface area contributed by atoms with Gasteiger partial charge in [0, 0.05) is 7.05 Å². The molecule has 1 N–H and O–H groups in total. The van der Waals surface area contributed by atoms with E-state index < -0.39 is 17.5 Å². The molecule has 8 nitrogen and oxygen atoms in total. The highest BCUT2D eigenvalue weighted by Crippen LogP contribution is 2.31. The normalized spacial score (nSPS) is 22.3. The molecule has 0 unspecified atom stereocenters. The molecule has 2 aliphatic heterocycles. The summed E-state index contributed by atoms with van der Waals surface area (Å²) >= 11 is 0. The van der Waals surface area contributed by atoms with Crippen LogP contribution in [0, 0.1) is 6.92 Å². The van der Waals surface area contributed by atoms with E-state index in [1.54, 1.807) is 14.0 Å². The van der Waals surface area contributed by atoms with Crippen LogP contribution in [0.2, 0.25) is 0 Å². The SMILES string of the molecule is Cc1ccc([C@]2(C)NC(=O)N(CC(=O)N(C)C[C@H]3COc4ccccc4O3)C2=O)cc1. The van der Waals surface area contributed by atoms with Crippen molar-refractivity contribution >= 4 is 17.8 Å². The quantitative estimate of drug-likeness (QED) is 0.744. The van der Waals surface area contributed by atoms with Crippen molar-refractivity contribution in [2.24, 2.45) is 0 Å². The average Bonchev–Trinajstić information content (AvgIpc) is 2.97. The molecule has 2 aromatic carbocycles. The van der Waals surface area contributed by atoms with E-state index in [-0.39, 0.29) is 25.1 Å². The summed E-state index contributed by atoms with van der Waals surface area (Å²) in [7, 11) is 1.61. The molecule has 0 bridgehead atoms. The van der Waals surface area contributed by atoms with Gasteiger partial charge in [-0.1, -0.05) is 42.0 Å². The fourth-order valence-corrected chi connectivity index (χ4v) is 3.74. The molecule has 31 heavy (non-hydrogen) atoms. The zero-order valence-corrected chi connectivity index (χ0v) is 17.8. The first kappa shape index (κ1) is 20.7. The Hall–Kier alpha value is -3.55. The van der Waals surface area contributed by atoms with Crippen LogP contribution in [0.5, 0.6) is 11.5 Å². The predicted molar refractivity (Wildman–Crippen MR) is 113 cm³/mol. The third-order valence-electron chi connectivity index (χ3n) is 5.67. The first-order valence-electron chi connectivity index (χ1n) is 10.1. The van der Waals surface area contributed by atoms with Crippen LogP contribution in [-0.4, -0.2) is 60.5 Å². The summed E-state index contributed by atoms with van der Waals surface area (Å²) in [5.41, 5.74) is 0.522. The number of urea groups is 1. The van der Waals surface area contributed by atoms with Crippen molar-refractivity contribution in [3.05, 3.63) is 59.7 Å². The predicted octanol–water partition coefficient (Wildman–Crippen LogP) is 2.06. The van der Waals surface area contributed by atoms with Gasteiger partial charge in [-0.15, -0.1) is 0 Å². The van der Waals surface area contributed by atoms with E-state index in [9.17, 15) is 14.4 Å². The lowest BCUT2D eigenvalue weighted by molar-refractivity contribution is -0.138. The summed E-state index contributed by atoms with van der Waals surface area (Å²) in [5.74, 6) is 0.485. The Morgan fingerprint density at radius 2 is 1.84 bits per heavy atom. The van der Waals surface area contributed by atoms with Crippen LogP contribution in [0.15, 0.2) is 48.5 Å². The molecule has 0 aliphatic carbocycles. The van der Waals surface area contributed by atoms with Gasteiger partial charge in [0.2, 0.25) is 5.91 Å². The molecule has 2 aliphatic rings. The highest BCUT2D eigenvalue weighted by atomic mass is 16.6. The summed E-state index contributed by atoms with van der Waals surface area (Å²) in [6.07, 6.45) is -0.343. The second kappa shape index (κ2) is 7.94. The fourth-order valence-electron chi connectivity index (χ4n) is 3.74. The molecule has 0 saturated carbocycles. The molecule has 2 aromatic rings. The molecule has 1 fully saturated rings. The molecule has 4 amide bonds. The first-order chi connectivity index (χ1) is 14.8. The summed E-state index contributed by atoms with van der Waals surface area (Å²) in [6, 6.07) is 14.1. The maximum absolute atomic E-state index is 13.0. The molecule has 2 atom stereocenters. The third kappa shape index (κ3) is 3.93. The number of benzene rings is 2. The Morgan fingerprint density at radius 1 is 1.16 bits per heavy atom. The second-order valence-electron chi connectivity index (χ2n) is 8.08. The molecule has 0 spiro atoms. The maximum Gasteiger partial charge on any atom is 0.325 e. The Bertz CT molecular complexity index is 1020. The topological polar surface area (TPSA) is 88.2 Å². The number of nitrogens with zero attached hydrogens (tertiary/aromatic N) is 2. The van der Waals surface area contributed by atoms with Crippen LogP contribution in [0.4, 0.5) is 4.79 Å². The molecule has 8 heteroatoms. The Labute approximate surface area is 180 Å². The van der Waals surface area contributed by atoms with Gasteiger partial charge in [-0.3, -0.25) is 14.5 Å². The molecular weight excluding hydrogens is 398 g/mol. The van der Waals surface area contributed by atoms with E-state index in [1.165, 1.54) is 4.90 Å². The Morgan fingerprint density at radius 3 is 2.55 bits per heavy atom. The molecule has 1 saturated heterocycles. The fraction of sp³-hybridized carbons (Fsp3) is 0.348. The number of imide groups is 1. The monoisotopic (exact) mass is 423 g/mol. The van der Waals surface area contributed by atoms with E-state index in [0.717, 1.165) is 10.5 Å². The van der Waals surface area contributed by atoms with E-state index in [0.29, 0.717) is 23.7 Å². The smallest absolute Gasteiger partial charge is 0.325 e. The van der Waals surface area contributed by atoms with Gasteiger partial charge in [0.25, 0.3) is 5.91 Å². The Balaban J connectivity index is 1.39. The summed E-state index contributed by atoms with van der Waals surface area (Å²) in [6.45, 7) is 3.83. The van der Waals surface area contributed by atoms with Gasteiger partial charge < -0.3 is 19.7 Å². The van der Waals surface area contributed by atoms with Crippen LogP contribution in [0.25, 0.3) is 0 Å². The Kier molecular flexibility index (Phi) is 5.31. The number of hydrogen-bond donors (Lipinski definition) is 1. The number of nitrogens with one attached hydrogen (secondary N) is 1. The van der Waals surface area contributed by atoms with Crippen molar-refractivity contribution in [3.8, 4) is 11.5 Å². The van der Waals surface area contributed by atoms with Gasteiger partial charge >= 0.3 is 6.03 Å². The summed E-state index contributed by atoms with van der Waals surface area (Å²) in [5, 5.41) is 2.72. The van der Waals surface area contributed by atoms with Crippen molar-refractivity contribution in [3.63, 3.8) is 0 Å². The van der Waals surface area contributed by atoms with E-state index in [1.807, 2.05) is 55.5 Å². The molecule has 0 aromatic heterocycles. The second-order valence-corrected chi connectivity index (χ2v) is 8.08. The van der Waals surface area contributed by atoms with Gasteiger partial charge in [0.05, 0.1) is 6.54 Å². The van der Waals surface area contributed by atoms with Crippen molar-refractivity contribution in [2.45, 2.75) is 25.5 Å². The molecule has 0 radical (unpaired) electrons. The number of fused-ring (bicyclic) bond motifs is 1. The number of rotatable bonds is 5. The van der Waals surface area contributed by atoms with Crippen LogP contribution < -0.4 is 14.8 Å².